The normalized spacial score (nSPS) is 10.2. The number of H-pyrrole nitrogens is 1. The first-order valence-corrected chi connectivity index (χ1v) is 5.76. The zero-order valence-corrected chi connectivity index (χ0v) is 10.2. The lowest BCUT2D eigenvalue weighted by Gasteiger charge is -2.16. The Kier molecular flexibility index (Phi) is 3.24. The van der Waals surface area contributed by atoms with E-state index >= 15 is 0 Å². The largest absolute Gasteiger partial charge is 0.399 e. The van der Waals surface area contributed by atoms with Gasteiger partial charge in [0.1, 0.15) is 5.69 Å². The monoisotopic (exact) mass is 241 g/mol. The summed E-state index contributed by atoms with van der Waals surface area (Å²) < 4.78 is 0. The number of nitrogen functional groups attached to an aromatic ring is 1. The van der Waals surface area contributed by atoms with E-state index in [4.69, 9.17) is 12.2 Å². The van der Waals surface area contributed by atoms with Crippen LogP contribution in [0.2, 0.25) is 0 Å². The average Bonchev–Trinajstić information content (AvgIpc) is 2.77. The van der Waals surface area contributed by atoms with Gasteiger partial charge in [-0.05, 0) is 31.2 Å². The van der Waals surface area contributed by atoms with Crippen molar-refractivity contribution in [3.8, 4) is 12.3 Å². The molecule has 0 fully saturated rings. The molecule has 4 heteroatoms. The maximum absolute atomic E-state index is 12.2. The van der Waals surface area contributed by atoms with Gasteiger partial charge in [0.05, 0.1) is 6.54 Å². The van der Waals surface area contributed by atoms with E-state index in [0.29, 0.717) is 24.5 Å². The number of fused-ring (bicyclic) bond motifs is 1. The van der Waals surface area contributed by atoms with E-state index in [1.165, 1.54) is 0 Å². The summed E-state index contributed by atoms with van der Waals surface area (Å²) >= 11 is 0. The number of hydrogen-bond donors (Lipinski definition) is 2. The lowest BCUT2D eigenvalue weighted by molar-refractivity contribution is 0.0780. The van der Waals surface area contributed by atoms with Gasteiger partial charge in [0.15, 0.2) is 0 Å². The molecule has 1 aromatic carbocycles. The van der Waals surface area contributed by atoms with Gasteiger partial charge in [0, 0.05) is 23.1 Å². The topological polar surface area (TPSA) is 62.1 Å². The van der Waals surface area contributed by atoms with Crippen molar-refractivity contribution >= 4 is 22.5 Å². The standard InChI is InChI=1S/C14H15N3O/c1-3-7-17(4-2)14(18)13-9-10-8-11(15)5-6-12(10)16-13/h1,5-6,8-9,16H,4,7,15H2,2H3. The Bertz CT molecular complexity index is 621. The number of nitrogens with zero attached hydrogens (tertiary/aromatic N) is 1. The molecule has 0 spiro atoms. The number of benzene rings is 1. The molecule has 0 aliphatic rings. The predicted octanol–water partition coefficient (Wildman–Crippen LogP) is 1.85. The van der Waals surface area contributed by atoms with Gasteiger partial charge in [-0.1, -0.05) is 5.92 Å². The first-order chi connectivity index (χ1) is 8.65. The van der Waals surface area contributed by atoms with Crippen molar-refractivity contribution in [2.45, 2.75) is 6.92 Å². The highest BCUT2D eigenvalue weighted by atomic mass is 16.2. The second kappa shape index (κ2) is 4.84. The van der Waals surface area contributed by atoms with Gasteiger partial charge in [-0.3, -0.25) is 4.79 Å². The quantitative estimate of drug-likeness (QED) is 0.636. The van der Waals surface area contributed by atoms with Crippen LogP contribution in [-0.4, -0.2) is 28.9 Å². The number of aromatic nitrogens is 1. The number of terminal acetylenes is 1. The summed E-state index contributed by atoms with van der Waals surface area (Å²) in [5, 5.41) is 0.926. The molecule has 4 nitrogen and oxygen atoms in total. The minimum absolute atomic E-state index is 0.0924. The van der Waals surface area contributed by atoms with Gasteiger partial charge in [-0.2, -0.15) is 0 Å². The third-order valence-electron chi connectivity index (χ3n) is 2.83. The molecule has 0 unspecified atom stereocenters. The molecule has 1 amide bonds. The number of carbonyl (C=O) groups excluding carboxylic acids is 1. The Balaban J connectivity index is 2.36. The average molecular weight is 241 g/mol. The molecular weight excluding hydrogens is 226 g/mol. The molecule has 3 N–H and O–H groups in total. The number of hydrogen-bond acceptors (Lipinski definition) is 2. The molecule has 0 bridgehead atoms. The lowest BCUT2D eigenvalue weighted by Crippen LogP contribution is -2.31. The van der Waals surface area contributed by atoms with Crippen molar-refractivity contribution in [2.24, 2.45) is 0 Å². The SMILES string of the molecule is C#CCN(CC)C(=O)c1cc2cc(N)ccc2[nH]1. The smallest absolute Gasteiger partial charge is 0.271 e. The third kappa shape index (κ3) is 2.16. The van der Waals surface area contributed by atoms with E-state index in [9.17, 15) is 4.79 Å². The van der Waals surface area contributed by atoms with E-state index in [0.717, 1.165) is 10.9 Å². The molecule has 1 heterocycles. The summed E-state index contributed by atoms with van der Waals surface area (Å²) in [5.74, 6) is 2.39. The first-order valence-electron chi connectivity index (χ1n) is 5.76. The van der Waals surface area contributed by atoms with Crippen molar-refractivity contribution in [3.05, 3.63) is 30.0 Å². The Labute approximate surface area is 106 Å². The first kappa shape index (κ1) is 12.1. The summed E-state index contributed by atoms with van der Waals surface area (Å²) in [6, 6.07) is 7.29. The van der Waals surface area contributed by atoms with Gasteiger partial charge in [-0.25, -0.2) is 0 Å². The molecule has 18 heavy (non-hydrogen) atoms. The highest BCUT2D eigenvalue weighted by Crippen LogP contribution is 2.19. The number of nitrogens with one attached hydrogen (secondary N) is 1. The van der Waals surface area contributed by atoms with E-state index in [2.05, 4.69) is 10.9 Å². The lowest BCUT2D eigenvalue weighted by atomic mass is 10.2. The number of nitrogens with two attached hydrogens (primary N) is 1. The van der Waals surface area contributed by atoms with Crippen LogP contribution >= 0.6 is 0 Å². The Morgan fingerprint density at radius 1 is 1.50 bits per heavy atom. The van der Waals surface area contributed by atoms with E-state index in [1.807, 2.05) is 19.1 Å². The van der Waals surface area contributed by atoms with Crippen LogP contribution < -0.4 is 5.73 Å². The molecule has 92 valence electrons. The van der Waals surface area contributed by atoms with Crippen LogP contribution in [-0.2, 0) is 0 Å². The summed E-state index contributed by atoms with van der Waals surface area (Å²) in [5.41, 5.74) is 7.81. The van der Waals surface area contributed by atoms with E-state index < -0.39 is 0 Å². The fourth-order valence-electron chi connectivity index (χ4n) is 1.87. The highest BCUT2D eigenvalue weighted by Gasteiger charge is 2.15. The fourth-order valence-corrected chi connectivity index (χ4v) is 1.87. The molecule has 0 aliphatic carbocycles. The number of rotatable bonds is 3. The van der Waals surface area contributed by atoms with Crippen LogP contribution in [0.15, 0.2) is 24.3 Å². The zero-order valence-electron chi connectivity index (χ0n) is 10.2. The summed E-state index contributed by atoms with van der Waals surface area (Å²) in [7, 11) is 0. The number of amides is 1. The van der Waals surface area contributed by atoms with Gasteiger partial charge in [0.25, 0.3) is 5.91 Å². The summed E-state index contributed by atoms with van der Waals surface area (Å²) in [6.07, 6.45) is 5.25. The van der Waals surface area contributed by atoms with Crippen molar-refractivity contribution in [2.75, 3.05) is 18.8 Å². The number of aromatic amines is 1. The molecule has 0 saturated carbocycles. The third-order valence-corrected chi connectivity index (χ3v) is 2.83. The number of carbonyl (C=O) groups is 1. The Hall–Kier alpha value is -2.41. The molecule has 0 atom stereocenters. The molecular formula is C14H15N3O. The fraction of sp³-hybridized carbons (Fsp3) is 0.214. The van der Waals surface area contributed by atoms with Crippen LogP contribution in [0.3, 0.4) is 0 Å². The molecule has 1 aromatic heterocycles. The van der Waals surface area contributed by atoms with Crippen LogP contribution in [0.1, 0.15) is 17.4 Å². The van der Waals surface area contributed by atoms with Crippen molar-refractivity contribution in [3.63, 3.8) is 0 Å². The maximum Gasteiger partial charge on any atom is 0.271 e. The van der Waals surface area contributed by atoms with Crippen LogP contribution in [0, 0.1) is 12.3 Å². The van der Waals surface area contributed by atoms with Gasteiger partial charge in [0.2, 0.25) is 0 Å². The molecule has 2 rings (SSSR count). The zero-order chi connectivity index (χ0) is 13.1. The maximum atomic E-state index is 12.2. The molecule has 0 radical (unpaired) electrons. The minimum atomic E-state index is -0.0924. The van der Waals surface area contributed by atoms with Crippen LogP contribution in [0.25, 0.3) is 10.9 Å². The van der Waals surface area contributed by atoms with Crippen molar-refractivity contribution in [1.29, 1.82) is 0 Å². The van der Waals surface area contributed by atoms with Gasteiger partial charge < -0.3 is 15.6 Å². The second-order valence-corrected chi connectivity index (χ2v) is 4.05. The van der Waals surface area contributed by atoms with Gasteiger partial charge in [-0.15, -0.1) is 6.42 Å². The highest BCUT2D eigenvalue weighted by molar-refractivity contribution is 5.98. The summed E-state index contributed by atoms with van der Waals surface area (Å²) in [6.45, 7) is 2.79. The Morgan fingerprint density at radius 3 is 2.94 bits per heavy atom. The van der Waals surface area contributed by atoms with Crippen molar-refractivity contribution in [1.82, 2.24) is 9.88 Å². The Morgan fingerprint density at radius 2 is 2.28 bits per heavy atom. The van der Waals surface area contributed by atoms with E-state index in [1.54, 1.807) is 17.0 Å². The van der Waals surface area contributed by atoms with Crippen LogP contribution in [0.4, 0.5) is 5.69 Å². The number of anilines is 1. The molecule has 2 aromatic rings. The van der Waals surface area contributed by atoms with Gasteiger partial charge >= 0.3 is 0 Å². The summed E-state index contributed by atoms with van der Waals surface area (Å²) in [4.78, 5) is 16.9. The molecule has 0 saturated heterocycles. The van der Waals surface area contributed by atoms with E-state index in [-0.39, 0.29) is 5.91 Å². The second-order valence-electron chi connectivity index (χ2n) is 4.05. The molecule has 0 aliphatic heterocycles. The minimum Gasteiger partial charge on any atom is -0.399 e. The van der Waals surface area contributed by atoms with Crippen LogP contribution in [0.5, 0.6) is 0 Å². The predicted molar refractivity (Wildman–Crippen MR) is 73.1 cm³/mol. The van der Waals surface area contributed by atoms with Crippen molar-refractivity contribution < 1.29 is 4.79 Å².